The van der Waals surface area contributed by atoms with E-state index < -0.39 is 34.6 Å². The molecule has 184 valence electrons. The van der Waals surface area contributed by atoms with Crippen molar-refractivity contribution < 1.29 is 26.3 Å². The van der Waals surface area contributed by atoms with Gasteiger partial charge in [0.1, 0.15) is 11.6 Å². The summed E-state index contributed by atoms with van der Waals surface area (Å²) in [6.07, 6.45) is 8.98. The molecule has 0 aliphatic heterocycles. The minimum Gasteiger partial charge on any atom is -0.206 e. The molecule has 0 spiro atoms. The van der Waals surface area contributed by atoms with Gasteiger partial charge in [0.25, 0.3) is 0 Å². The predicted octanol–water partition coefficient (Wildman–Crippen LogP) is 9.55. The number of hydrogen-bond acceptors (Lipinski definition) is 0. The molecule has 0 heterocycles. The van der Waals surface area contributed by atoms with Crippen molar-refractivity contribution in [2.75, 3.05) is 0 Å². The summed E-state index contributed by atoms with van der Waals surface area (Å²) < 4.78 is 91.2. The Hall–Kier alpha value is -2.24. The van der Waals surface area contributed by atoms with Crippen LogP contribution in [-0.2, 0) is 18.3 Å². The predicted molar refractivity (Wildman–Crippen MR) is 123 cm³/mol. The van der Waals surface area contributed by atoms with E-state index in [4.69, 9.17) is 0 Å². The number of benzene rings is 2. The van der Waals surface area contributed by atoms with Crippen LogP contribution >= 0.6 is 0 Å². The van der Waals surface area contributed by atoms with E-state index in [2.05, 4.69) is 6.92 Å². The minimum absolute atomic E-state index is 0.0434. The number of rotatable bonds is 7. The van der Waals surface area contributed by atoms with Gasteiger partial charge in [-0.3, -0.25) is 0 Å². The van der Waals surface area contributed by atoms with Gasteiger partial charge in [-0.15, -0.1) is 0 Å². The summed E-state index contributed by atoms with van der Waals surface area (Å²) >= 11 is 0. The third-order valence-corrected chi connectivity index (χ3v) is 7.28. The number of hydrogen-bond donors (Lipinski definition) is 0. The molecular formula is C28H30F6. The van der Waals surface area contributed by atoms with Gasteiger partial charge in [-0.05, 0) is 53.9 Å². The molecule has 2 aliphatic rings. The van der Waals surface area contributed by atoms with Crippen LogP contribution in [0.2, 0.25) is 0 Å². The Labute approximate surface area is 197 Å². The van der Waals surface area contributed by atoms with Crippen LogP contribution in [0, 0.1) is 17.6 Å². The van der Waals surface area contributed by atoms with E-state index in [1.807, 2.05) is 6.08 Å². The van der Waals surface area contributed by atoms with Crippen molar-refractivity contribution in [1.29, 1.82) is 0 Å². The third kappa shape index (κ3) is 3.97. The van der Waals surface area contributed by atoms with E-state index in [0.29, 0.717) is 24.3 Å². The molecule has 0 aromatic heterocycles. The largest absolute Gasteiger partial charge is 0.343 e. The topological polar surface area (TPSA) is 0 Å². The summed E-state index contributed by atoms with van der Waals surface area (Å²) in [6, 6.07) is 5.15. The van der Waals surface area contributed by atoms with Gasteiger partial charge >= 0.3 is 11.8 Å². The lowest BCUT2D eigenvalue weighted by Crippen LogP contribution is -2.41. The molecule has 4 rings (SSSR count). The van der Waals surface area contributed by atoms with Crippen LogP contribution in [0.15, 0.2) is 30.3 Å². The van der Waals surface area contributed by atoms with E-state index in [9.17, 15) is 4.39 Å². The molecule has 2 aliphatic carbocycles. The highest BCUT2D eigenvalue weighted by molar-refractivity contribution is 5.80. The first-order valence-corrected chi connectivity index (χ1v) is 12.2. The second-order valence-electron chi connectivity index (χ2n) is 9.58. The molecule has 6 heteroatoms. The van der Waals surface area contributed by atoms with Crippen molar-refractivity contribution in [3.63, 3.8) is 0 Å². The Morgan fingerprint density at radius 2 is 1.41 bits per heavy atom. The molecule has 34 heavy (non-hydrogen) atoms. The van der Waals surface area contributed by atoms with Crippen molar-refractivity contribution in [3.05, 3.63) is 64.2 Å². The van der Waals surface area contributed by atoms with Gasteiger partial charge in [-0.25, -0.2) is 8.78 Å². The zero-order valence-electron chi connectivity index (χ0n) is 19.6. The van der Waals surface area contributed by atoms with Crippen molar-refractivity contribution in [2.45, 2.75) is 83.5 Å². The first-order valence-electron chi connectivity index (χ1n) is 12.2. The molecular weight excluding hydrogens is 450 g/mol. The molecule has 1 unspecified atom stereocenters. The molecule has 0 nitrogen and oxygen atoms in total. The van der Waals surface area contributed by atoms with E-state index in [0.717, 1.165) is 38.5 Å². The van der Waals surface area contributed by atoms with Gasteiger partial charge in [-0.2, -0.15) is 17.6 Å². The number of alkyl halides is 4. The van der Waals surface area contributed by atoms with Crippen molar-refractivity contribution in [3.8, 4) is 11.1 Å². The third-order valence-electron chi connectivity index (χ3n) is 7.28. The quantitative estimate of drug-likeness (QED) is 0.273. The number of allylic oxidation sites excluding steroid dienone is 2. The molecule has 0 N–H and O–H groups in total. The maximum Gasteiger partial charge on any atom is 0.343 e. The summed E-state index contributed by atoms with van der Waals surface area (Å²) in [4.78, 5) is 0. The zero-order valence-corrected chi connectivity index (χ0v) is 19.6. The monoisotopic (exact) mass is 480 g/mol. The smallest absolute Gasteiger partial charge is 0.206 e. The molecule has 0 bridgehead atoms. The molecule has 2 aromatic carbocycles. The van der Waals surface area contributed by atoms with Crippen LogP contribution in [0.3, 0.4) is 0 Å². The molecule has 1 atom stereocenters. The van der Waals surface area contributed by atoms with E-state index in [1.54, 1.807) is 6.92 Å². The Morgan fingerprint density at radius 3 is 2.00 bits per heavy atom. The number of aryl methyl sites for hydroxylation is 1. The van der Waals surface area contributed by atoms with E-state index >= 15 is 22.0 Å². The maximum absolute atomic E-state index is 15.6. The van der Waals surface area contributed by atoms with Crippen LogP contribution < -0.4 is 0 Å². The summed E-state index contributed by atoms with van der Waals surface area (Å²) in [7, 11) is 0. The Morgan fingerprint density at radius 1 is 0.794 bits per heavy atom. The van der Waals surface area contributed by atoms with Gasteiger partial charge in [0.05, 0.1) is 11.1 Å². The summed E-state index contributed by atoms with van der Waals surface area (Å²) in [5.41, 5.74) is -2.95. The highest BCUT2D eigenvalue weighted by Gasteiger charge is 2.65. The lowest BCUT2D eigenvalue weighted by Gasteiger charge is -2.36. The normalized spacial score (nSPS) is 20.5. The van der Waals surface area contributed by atoms with Crippen LogP contribution in [0.5, 0.6) is 0 Å². The van der Waals surface area contributed by atoms with Gasteiger partial charge in [0.2, 0.25) is 0 Å². The second-order valence-corrected chi connectivity index (χ2v) is 9.58. The first-order chi connectivity index (χ1) is 16.1. The Kier molecular flexibility index (Phi) is 6.90. The highest BCUT2D eigenvalue weighted by atomic mass is 19.3. The van der Waals surface area contributed by atoms with Gasteiger partial charge < -0.3 is 0 Å². The molecule has 0 saturated carbocycles. The van der Waals surface area contributed by atoms with Crippen molar-refractivity contribution >= 4 is 5.57 Å². The van der Waals surface area contributed by atoms with Crippen LogP contribution in [0.1, 0.15) is 87.5 Å². The van der Waals surface area contributed by atoms with Crippen molar-refractivity contribution in [1.82, 2.24) is 0 Å². The standard InChI is InChI=1S/C28H30F6/c1-3-5-6-8-17-9-11-18(12-10-17)20-15-16-22-21-14-13-19(7-4-2)25(29)23(21)27(31,32)28(33,34)24(22)26(20)30/h11,13-17H,3-10,12H2,1-2H3. The Balaban J connectivity index is 1.78. The Bertz CT molecular complexity index is 1100. The minimum atomic E-state index is -4.88. The van der Waals surface area contributed by atoms with Crippen LogP contribution in [-0.4, -0.2) is 0 Å². The zero-order chi connectivity index (χ0) is 24.7. The van der Waals surface area contributed by atoms with Gasteiger partial charge in [0.15, 0.2) is 0 Å². The fourth-order valence-corrected chi connectivity index (χ4v) is 5.36. The van der Waals surface area contributed by atoms with Crippen LogP contribution in [0.25, 0.3) is 16.7 Å². The van der Waals surface area contributed by atoms with Gasteiger partial charge in [-0.1, -0.05) is 76.3 Å². The molecule has 2 aromatic rings. The highest BCUT2D eigenvalue weighted by Crippen LogP contribution is 2.60. The fraction of sp³-hybridized carbons (Fsp3) is 0.500. The molecule has 0 amide bonds. The average Bonchev–Trinajstić information content (AvgIpc) is 2.80. The summed E-state index contributed by atoms with van der Waals surface area (Å²) in [6.45, 7) is 3.87. The van der Waals surface area contributed by atoms with E-state index in [-0.39, 0.29) is 28.7 Å². The molecule has 0 fully saturated rings. The fourth-order valence-electron chi connectivity index (χ4n) is 5.36. The number of fused-ring (bicyclic) bond motifs is 3. The number of halogens is 6. The lowest BCUT2D eigenvalue weighted by atomic mass is 9.77. The summed E-state index contributed by atoms with van der Waals surface area (Å²) in [5.74, 6) is -11.9. The lowest BCUT2D eigenvalue weighted by molar-refractivity contribution is -0.227. The number of unbranched alkanes of at least 4 members (excludes halogenated alkanes) is 2. The van der Waals surface area contributed by atoms with Crippen LogP contribution in [0.4, 0.5) is 26.3 Å². The molecule has 0 radical (unpaired) electrons. The van der Waals surface area contributed by atoms with Gasteiger partial charge in [0, 0.05) is 5.56 Å². The summed E-state index contributed by atoms with van der Waals surface area (Å²) in [5, 5.41) is 0. The second kappa shape index (κ2) is 9.43. The SMILES string of the molecule is CCCCCC1CC=C(c2ccc3c(c2F)C(F)(F)C(F)(F)c2c-3ccc(CCC)c2F)CC1. The first kappa shape index (κ1) is 24.9. The van der Waals surface area contributed by atoms with E-state index in [1.165, 1.54) is 24.3 Å². The average molecular weight is 481 g/mol. The van der Waals surface area contributed by atoms with Crippen molar-refractivity contribution in [2.24, 2.45) is 5.92 Å². The molecule has 0 saturated heterocycles. The maximum atomic E-state index is 15.6.